The van der Waals surface area contributed by atoms with Crippen molar-refractivity contribution >= 4 is 11.6 Å². The third-order valence-electron chi connectivity index (χ3n) is 4.83. The summed E-state index contributed by atoms with van der Waals surface area (Å²) in [6.07, 6.45) is 0. The van der Waals surface area contributed by atoms with Gasteiger partial charge in [0.05, 0.1) is 19.8 Å². The minimum Gasteiger partial charge on any atom is -0.490 e. The van der Waals surface area contributed by atoms with E-state index >= 15 is 0 Å². The molecule has 0 N–H and O–H groups in total. The van der Waals surface area contributed by atoms with Crippen molar-refractivity contribution in [2.45, 2.75) is 27.3 Å². The Labute approximate surface area is 173 Å². The summed E-state index contributed by atoms with van der Waals surface area (Å²) in [5, 5.41) is 0. The van der Waals surface area contributed by atoms with Gasteiger partial charge in [0, 0.05) is 30.9 Å². The number of hydrogen-bond acceptors (Lipinski definition) is 5. The summed E-state index contributed by atoms with van der Waals surface area (Å²) in [6, 6.07) is 11.6. The zero-order chi connectivity index (χ0) is 20.8. The van der Waals surface area contributed by atoms with Gasteiger partial charge in [0.15, 0.2) is 11.5 Å². The Morgan fingerprint density at radius 2 is 1.55 bits per heavy atom. The van der Waals surface area contributed by atoms with Crippen LogP contribution >= 0.6 is 0 Å². The van der Waals surface area contributed by atoms with Gasteiger partial charge in [-0.25, -0.2) is 0 Å². The number of hydrogen-bond donors (Lipinski definition) is 0. The van der Waals surface area contributed by atoms with E-state index in [1.165, 1.54) is 0 Å². The van der Waals surface area contributed by atoms with E-state index in [0.29, 0.717) is 49.2 Å². The van der Waals surface area contributed by atoms with Crippen molar-refractivity contribution in [1.82, 2.24) is 4.90 Å². The van der Waals surface area contributed by atoms with Gasteiger partial charge < -0.3 is 24.0 Å². The number of amides is 1. The number of carbonyl (C=O) groups excluding carboxylic acids is 1. The van der Waals surface area contributed by atoms with Gasteiger partial charge in [-0.15, -0.1) is 0 Å². The van der Waals surface area contributed by atoms with Gasteiger partial charge in [-0.05, 0) is 51.6 Å². The largest absolute Gasteiger partial charge is 0.490 e. The lowest BCUT2D eigenvalue weighted by molar-refractivity contribution is 0.0984. The third-order valence-corrected chi connectivity index (χ3v) is 4.83. The van der Waals surface area contributed by atoms with Crippen molar-refractivity contribution in [1.29, 1.82) is 0 Å². The van der Waals surface area contributed by atoms with Gasteiger partial charge in [0.25, 0.3) is 5.91 Å². The van der Waals surface area contributed by atoms with Gasteiger partial charge >= 0.3 is 0 Å². The number of likely N-dealkylation sites (N-methyl/N-ethyl adjacent to an activating group) is 1. The third kappa shape index (κ3) is 4.65. The van der Waals surface area contributed by atoms with Crippen LogP contribution in [0.2, 0.25) is 0 Å². The van der Waals surface area contributed by atoms with Crippen LogP contribution in [-0.2, 0) is 6.54 Å². The molecule has 0 aliphatic carbocycles. The van der Waals surface area contributed by atoms with Crippen LogP contribution in [0.25, 0.3) is 0 Å². The van der Waals surface area contributed by atoms with Crippen molar-refractivity contribution in [3.8, 4) is 17.2 Å². The molecule has 2 aromatic rings. The first-order valence-corrected chi connectivity index (χ1v) is 10.2. The summed E-state index contributed by atoms with van der Waals surface area (Å²) in [6.45, 7) is 9.39. The summed E-state index contributed by atoms with van der Waals surface area (Å²) in [5.74, 6) is 1.54. The maximum absolute atomic E-state index is 13.6. The standard InChI is InChI=1S/C23H30N2O4/c1-5-27-20-14-18(15-21(28-6-2)22(20)29-7-3)23(26)25-13-12-24(4)16-17-10-8-9-11-19(17)25/h8-11,14-15H,5-7,12-13,16H2,1-4H3. The maximum atomic E-state index is 13.6. The Kier molecular flexibility index (Phi) is 6.99. The summed E-state index contributed by atoms with van der Waals surface area (Å²) < 4.78 is 17.3. The Morgan fingerprint density at radius 3 is 2.17 bits per heavy atom. The van der Waals surface area contributed by atoms with Crippen molar-refractivity contribution in [3.63, 3.8) is 0 Å². The fraction of sp³-hybridized carbons (Fsp3) is 0.435. The molecule has 3 rings (SSSR count). The fourth-order valence-electron chi connectivity index (χ4n) is 3.55. The average molecular weight is 399 g/mol. The Hall–Kier alpha value is -2.73. The molecule has 0 radical (unpaired) electrons. The smallest absolute Gasteiger partial charge is 0.258 e. The molecule has 0 unspecified atom stereocenters. The molecule has 0 spiro atoms. The number of carbonyl (C=O) groups is 1. The lowest BCUT2D eigenvalue weighted by Crippen LogP contribution is -2.35. The molecule has 0 fully saturated rings. The minimum atomic E-state index is -0.0716. The number of ether oxygens (including phenoxy) is 3. The van der Waals surface area contributed by atoms with E-state index in [0.717, 1.165) is 24.3 Å². The number of benzene rings is 2. The molecular weight excluding hydrogens is 368 g/mol. The second kappa shape index (κ2) is 9.65. The van der Waals surface area contributed by atoms with E-state index in [4.69, 9.17) is 14.2 Å². The molecule has 0 saturated heterocycles. The summed E-state index contributed by atoms with van der Waals surface area (Å²) in [4.78, 5) is 17.6. The normalized spacial score (nSPS) is 14.1. The van der Waals surface area contributed by atoms with Crippen molar-refractivity contribution < 1.29 is 19.0 Å². The highest BCUT2D eigenvalue weighted by molar-refractivity contribution is 6.07. The molecule has 1 amide bonds. The van der Waals surface area contributed by atoms with E-state index in [9.17, 15) is 4.79 Å². The topological polar surface area (TPSA) is 51.2 Å². The molecule has 1 aliphatic rings. The molecule has 156 valence electrons. The first-order valence-electron chi connectivity index (χ1n) is 10.2. The Morgan fingerprint density at radius 1 is 0.931 bits per heavy atom. The van der Waals surface area contributed by atoms with E-state index < -0.39 is 0 Å². The lowest BCUT2D eigenvalue weighted by atomic mass is 10.1. The predicted molar refractivity (Wildman–Crippen MR) is 114 cm³/mol. The van der Waals surface area contributed by atoms with Crippen LogP contribution in [0, 0.1) is 0 Å². The van der Waals surface area contributed by atoms with Gasteiger partial charge in [-0.1, -0.05) is 18.2 Å². The maximum Gasteiger partial charge on any atom is 0.258 e. The summed E-state index contributed by atoms with van der Waals surface area (Å²) in [5.41, 5.74) is 2.62. The second-order valence-electron chi connectivity index (χ2n) is 6.92. The van der Waals surface area contributed by atoms with E-state index in [1.807, 2.05) is 43.9 Å². The highest BCUT2D eigenvalue weighted by Crippen LogP contribution is 2.40. The zero-order valence-electron chi connectivity index (χ0n) is 17.7. The second-order valence-corrected chi connectivity index (χ2v) is 6.92. The fourth-order valence-corrected chi connectivity index (χ4v) is 3.55. The van der Waals surface area contributed by atoms with Crippen LogP contribution in [0.15, 0.2) is 36.4 Å². The highest BCUT2D eigenvalue weighted by atomic mass is 16.5. The van der Waals surface area contributed by atoms with E-state index in [2.05, 4.69) is 18.0 Å². The van der Waals surface area contributed by atoms with Crippen LogP contribution in [0.4, 0.5) is 5.69 Å². The molecule has 1 heterocycles. The summed E-state index contributed by atoms with van der Waals surface area (Å²) >= 11 is 0. The monoisotopic (exact) mass is 398 g/mol. The predicted octanol–water partition coefficient (Wildman–Crippen LogP) is 3.97. The summed E-state index contributed by atoms with van der Waals surface area (Å²) in [7, 11) is 2.07. The Bertz CT molecular complexity index is 826. The first-order chi connectivity index (χ1) is 14.1. The van der Waals surface area contributed by atoms with Gasteiger partial charge in [0.2, 0.25) is 5.75 Å². The van der Waals surface area contributed by atoms with Crippen molar-refractivity contribution in [2.24, 2.45) is 0 Å². The molecule has 1 aliphatic heterocycles. The number of rotatable bonds is 7. The van der Waals surface area contributed by atoms with Crippen LogP contribution in [0.5, 0.6) is 17.2 Å². The molecule has 0 bridgehead atoms. The molecule has 0 saturated carbocycles. The lowest BCUT2D eigenvalue weighted by Gasteiger charge is -2.24. The molecule has 2 aromatic carbocycles. The molecule has 29 heavy (non-hydrogen) atoms. The molecular formula is C23H30N2O4. The highest BCUT2D eigenvalue weighted by Gasteiger charge is 2.26. The Balaban J connectivity index is 2.04. The molecule has 6 nitrogen and oxygen atoms in total. The average Bonchev–Trinajstić information content (AvgIpc) is 2.88. The quantitative estimate of drug-likeness (QED) is 0.706. The number of para-hydroxylation sites is 1. The van der Waals surface area contributed by atoms with Crippen LogP contribution < -0.4 is 19.1 Å². The minimum absolute atomic E-state index is 0.0716. The van der Waals surface area contributed by atoms with Gasteiger partial charge in [-0.2, -0.15) is 0 Å². The molecule has 0 atom stereocenters. The molecule has 0 aromatic heterocycles. The van der Waals surface area contributed by atoms with Crippen LogP contribution in [0.1, 0.15) is 36.7 Å². The number of fused-ring (bicyclic) bond motifs is 1. The van der Waals surface area contributed by atoms with Crippen molar-refractivity contribution in [2.75, 3.05) is 44.9 Å². The van der Waals surface area contributed by atoms with E-state index in [1.54, 1.807) is 12.1 Å². The van der Waals surface area contributed by atoms with Crippen molar-refractivity contribution in [3.05, 3.63) is 47.5 Å². The van der Waals surface area contributed by atoms with Gasteiger partial charge in [-0.3, -0.25) is 4.79 Å². The van der Waals surface area contributed by atoms with E-state index in [-0.39, 0.29) is 5.91 Å². The SMILES string of the molecule is CCOc1cc(C(=O)N2CCN(C)Cc3ccccc32)cc(OCC)c1OCC. The zero-order valence-corrected chi connectivity index (χ0v) is 17.7. The van der Waals surface area contributed by atoms with Crippen LogP contribution in [0.3, 0.4) is 0 Å². The van der Waals surface area contributed by atoms with Gasteiger partial charge in [0.1, 0.15) is 0 Å². The van der Waals surface area contributed by atoms with Crippen LogP contribution in [-0.4, -0.2) is 50.8 Å². The number of nitrogens with zero attached hydrogens (tertiary/aromatic N) is 2. The molecule has 6 heteroatoms. The first kappa shape index (κ1) is 21.0. The number of anilines is 1.